The first kappa shape index (κ1) is 9.36. The third kappa shape index (κ3) is 1.84. The van der Waals surface area contributed by atoms with Gasteiger partial charge in [-0.2, -0.15) is 0 Å². The van der Waals surface area contributed by atoms with E-state index in [0.29, 0.717) is 21.9 Å². The maximum absolute atomic E-state index is 5.93. The lowest BCUT2D eigenvalue weighted by molar-refractivity contribution is 0.320. The molecule has 0 amide bonds. The van der Waals surface area contributed by atoms with Crippen LogP contribution in [0.15, 0.2) is 18.2 Å². The highest BCUT2D eigenvalue weighted by molar-refractivity contribution is 6.42. The van der Waals surface area contributed by atoms with Gasteiger partial charge >= 0.3 is 0 Å². The van der Waals surface area contributed by atoms with Crippen LogP contribution in [0, 0.1) is 12.8 Å². The summed E-state index contributed by atoms with van der Waals surface area (Å²) >= 11 is 11.8. The van der Waals surface area contributed by atoms with Gasteiger partial charge in [-0.25, -0.2) is 0 Å². The fourth-order valence-electron chi connectivity index (χ4n) is 1.77. The van der Waals surface area contributed by atoms with E-state index in [1.54, 1.807) is 0 Å². The molecule has 1 saturated carbocycles. The normalized spacial score (nSPS) is 27.0. The van der Waals surface area contributed by atoms with Crippen molar-refractivity contribution in [2.24, 2.45) is 5.92 Å². The Bertz CT molecular complexity index is 314. The minimum atomic E-state index is 0.624. The van der Waals surface area contributed by atoms with Crippen LogP contribution in [0.2, 0.25) is 10.0 Å². The van der Waals surface area contributed by atoms with E-state index in [-0.39, 0.29) is 0 Å². The van der Waals surface area contributed by atoms with Crippen LogP contribution in [0.3, 0.4) is 0 Å². The molecule has 0 bridgehead atoms. The highest BCUT2D eigenvalue weighted by atomic mass is 35.5. The number of hydrogen-bond donors (Lipinski definition) is 0. The van der Waals surface area contributed by atoms with Gasteiger partial charge in [0.05, 0.1) is 10.0 Å². The smallest absolute Gasteiger partial charge is 0.0595 e. The van der Waals surface area contributed by atoms with E-state index >= 15 is 0 Å². The molecular formula is C11H11Cl2. The Morgan fingerprint density at radius 3 is 2.38 bits per heavy atom. The molecule has 0 spiro atoms. The van der Waals surface area contributed by atoms with Gasteiger partial charge in [0.1, 0.15) is 0 Å². The van der Waals surface area contributed by atoms with E-state index in [9.17, 15) is 0 Å². The third-order valence-electron chi connectivity index (χ3n) is 2.65. The van der Waals surface area contributed by atoms with Crippen molar-refractivity contribution < 1.29 is 0 Å². The fraction of sp³-hybridized carbons (Fsp3) is 0.364. The van der Waals surface area contributed by atoms with E-state index in [4.69, 9.17) is 23.2 Å². The van der Waals surface area contributed by atoms with Crippen LogP contribution >= 0.6 is 23.2 Å². The maximum atomic E-state index is 5.93. The van der Waals surface area contributed by atoms with E-state index in [2.05, 4.69) is 13.0 Å². The van der Waals surface area contributed by atoms with Gasteiger partial charge in [-0.3, -0.25) is 0 Å². The zero-order valence-corrected chi connectivity index (χ0v) is 8.78. The number of hydrogen-bond acceptors (Lipinski definition) is 0. The Morgan fingerprint density at radius 2 is 1.85 bits per heavy atom. The van der Waals surface area contributed by atoms with Gasteiger partial charge in [-0.1, -0.05) is 36.2 Å². The van der Waals surface area contributed by atoms with Gasteiger partial charge in [0.25, 0.3) is 0 Å². The van der Waals surface area contributed by atoms with Crippen LogP contribution in [-0.2, 0) is 0 Å². The first-order valence-corrected chi connectivity index (χ1v) is 5.20. The molecule has 0 nitrogen and oxygen atoms in total. The fourth-order valence-corrected chi connectivity index (χ4v) is 2.08. The Kier molecular flexibility index (Phi) is 2.53. The lowest BCUT2D eigenvalue weighted by Gasteiger charge is -2.33. The van der Waals surface area contributed by atoms with Crippen molar-refractivity contribution in [3.8, 4) is 0 Å². The summed E-state index contributed by atoms with van der Waals surface area (Å²) in [6.45, 7) is 4.00. The van der Waals surface area contributed by atoms with Crippen molar-refractivity contribution in [1.29, 1.82) is 0 Å². The Morgan fingerprint density at radius 1 is 1.15 bits per heavy atom. The molecule has 0 unspecified atom stereocenters. The second kappa shape index (κ2) is 3.51. The summed E-state index contributed by atoms with van der Waals surface area (Å²) in [7, 11) is 0. The predicted octanol–water partition coefficient (Wildman–Crippen LogP) is 4.32. The van der Waals surface area contributed by atoms with E-state index in [1.165, 1.54) is 18.4 Å². The average Bonchev–Trinajstić information content (AvgIpc) is 2.05. The number of halogens is 2. The van der Waals surface area contributed by atoms with Gasteiger partial charge in [-0.15, -0.1) is 0 Å². The predicted molar refractivity (Wildman–Crippen MR) is 57.3 cm³/mol. The minimum Gasteiger partial charge on any atom is -0.0827 e. The van der Waals surface area contributed by atoms with Crippen LogP contribution in [0.4, 0.5) is 0 Å². The highest BCUT2D eigenvalue weighted by Crippen LogP contribution is 2.42. The molecule has 1 aliphatic rings. The van der Waals surface area contributed by atoms with Gasteiger partial charge < -0.3 is 0 Å². The lowest BCUT2D eigenvalue weighted by Crippen LogP contribution is -2.18. The summed E-state index contributed by atoms with van der Waals surface area (Å²) in [6, 6.07) is 5.90. The van der Waals surface area contributed by atoms with Crippen molar-refractivity contribution in [2.75, 3.05) is 0 Å². The second-order valence-electron chi connectivity index (χ2n) is 3.71. The van der Waals surface area contributed by atoms with Crippen molar-refractivity contribution in [2.45, 2.75) is 18.8 Å². The maximum Gasteiger partial charge on any atom is 0.0595 e. The Balaban J connectivity index is 2.18. The molecule has 1 aromatic carbocycles. The largest absolute Gasteiger partial charge is 0.0827 e. The molecular weight excluding hydrogens is 203 g/mol. The van der Waals surface area contributed by atoms with Gasteiger partial charge in [0, 0.05) is 0 Å². The first-order chi connectivity index (χ1) is 6.16. The molecule has 0 atom stereocenters. The first-order valence-electron chi connectivity index (χ1n) is 4.45. The lowest BCUT2D eigenvalue weighted by atomic mass is 9.72. The van der Waals surface area contributed by atoms with Gasteiger partial charge in [0.15, 0.2) is 0 Å². The quantitative estimate of drug-likeness (QED) is 0.652. The molecule has 0 heterocycles. The van der Waals surface area contributed by atoms with Crippen LogP contribution in [-0.4, -0.2) is 0 Å². The molecule has 1 aliphatic carbocycles. The van der Waals surface area contributed by atoms with Crippen LogP contribution in [0.1, 0.15) is 24.3 Å². The van der Waals surface area contributed by atoms with E-state index < -0.39 is 0 Å². The molecule has 0 aromatic heterocycles. The Labute approximate surface area is 88.9 Å². The molecule has 0 aliphatic heterocycles. The number of benzene rings is 1. The molecule has 2 heteroatoms. The van der Waals surface area contributed by atoms with Crippen LogP contribution < -0.4 is 0 Å². The summed E-state index contributed by atoms with van der Waals surface area (Å²) in [6.07, 6.45) is 2.36. The van der Waals surface area contributed by atoms with Crippen molar-refractivity contribution in [3.05, 3.63) is 40.7 Å². The average molecular weight is 214 g/mol. The molecule has 0 saturated heterocycles. The van der Waals surface area contributed by atoms with Gasteiger partial charge in [0.2, 0.25) is 0 Å². The van der Waals surface area contributed by atoms with Crippen molar-refractivity contribution >= 4 is 23.2 Å². The van der Waals surface area contributed by atoms with Gasteiger partial charge in [-0.05, 0) is 42.4 Å². The SMILES string of the molecule is [CH2]C1CC(c2ccc(Cl)c(Cl)c2)C1. The topological polar surface area (TPSA) is 0 Å². The van der Waals surface area contributed by atoms with Crippen LogP contribution in [0.5, 0.6) is 0 Å². The highest BCUT2D eigenvalue weighted by Gasteiger charge is 2.26. The zero-order valence-electron chi connectivity index (χ0n) is 7.26. The van der Waals surface area contributed by atoms with E-state index in [0.717, 1.165) is 0 Å². The molecule has 1 aromatic rings. The van der Waals surface area contributed by atoms with Crippen molar-refractivity contribution in [3.63, 3.8) is 0 Å². The van der Waals surface area contributed by atoms with Crippen LogP contribution in [0.25, 0.3) is 0 Å². The Hall–Kier alpha value is -0.200. The van der Waals surface area contributed by atoms with Crippen molar-refractivity contribution in [1.82, 2.24) is 0 Å². The minimum absolute atomic E-state index is 0.624. The molecule has 13 heavy (non-hydrogen) atoms. The third-order valence-corrected chi connectivity index (χ3v) is 3.39. The molecule has 69 valence electrons. The standard InChI is InChI=1S/C11H11Cl2/c1-7-4-9(5-7)8-2-3-10(12)11(13)6-8/h2-3,6-7,9H,1,4-5H2. The zero-order chi connectivity index (χ0) is 9.42. The molecule has 1 radical (unpaired) electrons. The monoisotopic (exact) mass is 213 g/mol. The number of rotatable bonds is 1. The summed E-state index contributed by atoms with van der Waals surface area (Å²) in [5.74, 6) is 1.27. The summed E-state index contributed by atoms with van der Waals surface area (Å²) < 4.78 is 0. The molecule has 0 N–H and O–H groups in total. The summed E-state index contributed by atoms with van der Waals surface area (Å²) in [4.78, 5) is 0. The molecule has 1 fully saturated rings. The molecule has 2 rings (SSSR count). The second-order valence-corrected chi connectivity index (χ2v) is 4.52. The summed E-state index contributed by atoms with van der Waals surface area (Å²) in [5, 5.41) is 1.29. The van der Waals surface area contributed by atoms with E-state index in [1.807, 2.05) is 12.1 Å². The summed E-state index contributed by atoms with van der Waals surface area (Å²) in [5.41, 5.74) is 1.30.